The van der Waals surface area contributed by atoms with Crippen LogP contribution in [-0.4, -0.2) is 29.7 Å². The molecule has 0 amide bonds. The molecule has 0 unspecified atom stereocenters. The summed E-state index contributed by atoms with van der Waals surface area (Å²) in [7, 11) is 1.46. The smallest absolute Gasteiger partial charge is 0.337 e. The number of aromatic carboxylic acids is 1. The highest BCUT2D eigenvalue weighted by Gasteiger charge is 2.35. The molecule has 0 bridgehead atoms. The number of carboxylic acids is 1. The van der Waals surface area contributed by atoms with Crippen molar-refractivity contribution >= 4 is 23.2 Å². The third-order valence-corrected chi connectivity index (χ3v) is 3.80. The second kappa shape index (κ2) is 5.07. The molecular formula is C17H10N2O4. The molecule has 2 aromatic carbocycles. The van der Waals surface area contributed by atoms with Crippen molar-refractivity contribution in [1.29, 1.82) is 5.26 Å². The van der Waals surface area contributed by atoms with Crippen molar-refractivity contribution in [3.63, 3.8) is 0 Å². The van der Waals surface area contributed by atoms with Gasteiger partial charge in [-0.15, -0.1) is 0 Å². The minimum absolute atomic E-state index is 0.0411. The number of benzene rings is 2. The molecule has 112 valence electrons. The summed E-state index contributed by atoms with van der Waals surface area (Å²) in [5, 5.41) is 21.3. The first-order chi connectivity index (χ1) is 11.0. The summed E-state index contributed by atoms with van der Waals surface area (Å²) in [5.74, 6) is -2.22. The van der Waals surface area contributed by atoms with Gasteiger partial charge in [-0.1, -0.05) is 24.3 Å². The van der Waals surface area contributed by atoms with E-state index in [4.69, 9.17) is 0 Å². The molecule has 2 aromatic rings. The number of fused-ring (bicyclic) bond motifs is 2. The molecule has 6 heteroatoms. The topological polar surface area (TPSA) is 107 Å². The third kappa shape index (κ3) is 1.91. The molecule has 0 radical (unpaired) electrons. The van der Waals surface area contributed by atoms with Gasteiger partial charge in [0.15, 0.2) is 11.6 Å². The van der Waals surface area contributed by atoms with Gasteiger partial charge in [0.2, 0.25) is 0 Å². The van der Waals surface area contributed by atoms with Gasteiger partial charge >= 0.3 is 5.97 Å². The van der Waals surface area contributed by atoms with Crippen molar-refractivity contribution in [3.05, 3.63) is 63.7 Å². The van der Waals surface area contributed by atoms with Gasteiger partial charge in [0.25, 0.3) is 0 Å². The van der Waals surface area contributed by atoms with Gasteiger partial charge in [-0.25, -0.2) is 4.79 Å². The van der Waals surface area contributed by atoms with E-state index in [0.717, 1.165) is 6.07 Å². The van der Waals surface area contributed by atoms with E-state index in [-0.39, 0.29) is 39.1 Å². The maximum absolute atomic E-state index is 12.8. The summed E-state index contributed by atoms with van der Waals surface area (Å²) >= 11 is 0. The molecule has 0 aromatic heterocycles. The van der Waals surface area contributed by atoms with Gasteiger partial charge in [0, 0.05) is 18.2 Å². The fraction of sp³-hybridized carbons (Fsp3) is 0.0588. The Bertz CT molecular complexity index is 938. The van der Waals surface area contributed by atoms with Gasteiger partial charge in [0.1, 0.15) is 0 Å². The minimum Gasteiger partial charge on any atom is -0.478 e. The lowest BCUT2D eigenvalue weighted by Crippen LogP contribution is -2.25. The van der Waals surface area contributed by atoms with E-state index in [1.54, 1.807) is 12.1 Å². The average molecular weight is 306 g/mol. The number of carbonyl (C=O) groups is 3. The number of hydrogen-bond donors (Lipinski definition) is 2. The lowest BCUT2D eigenvalue weighted by molar-refractivity contribution is 0.0697. The Morgan fingerprint density at radius 3 is 2.17 bits per heavy atom. The number of ketones is 2. The van der Waals surface area contributed by atoms with Crippen LogP contribution in [0.1, 0.15) is 47.8 Å². The Balaban J connectivity index is 2.47. The fourth-order valence-corrected chi connectivity index (χ4v) is 2.81. The molecule has 0 spiro atoms. The quantitative estimate of drug-likeness (QED) is 0.750. The molecule has 0 atom stereocenters. The number of hydrogen-bond acceptors (Lipinski definition) is 5. The van der Waals surface area contributed by atoms with Crippen LogP contribution in [0.2, 0.25) is 0 Å². The van der Waals surface area contributed by atoms with Crippen molar-refractivity contribution in [3.8, 4) is 6.07 Å². The van der Waals surface area contributed by atoms with Crippen molar-refractivity contribution in [2.45, 2.75) is 0 Å². The van der Waals surface area contributed by atoms with Crippen molar-refractivity contribution in [1.82, 2.24) is 0 Å². The first kappa shape index (κ1) is 14.5. The zero-order chi connectivity index (χ0) is 16.7. The molecule has 2 N–H and O–H groups in total. The van der Waals surface area contributed by atoms with Gasteiger partial charge in [-0.05, 0) is 6.07 Å². The molecule has 0 aliphatic heterocycles. The molecule has 1 aliphatic carbocycles. The van der Waals surface area contributed by atoms with Crippen LogP contribution in [0.5, 0.6) is 0 Å². The van der Waals surface area contributed by atoms with Crippen LogP contribution < -0.4 is 5.32 Å². The molecule has 0 heterocycles. The zero-order valence-electron chi connectivity index (χ0n) is 12.0. The summed E-state index contributed by atoms with van der Waals surface area (Å²) in [5.41, 5.74) is 0.00435. The van der Waals surface area contributed by atoms with Crippen molar-refractivity contribution in [2.75, 3.05) is 12.4 Å². The monoisotopic (exact) mass is 306 g/mol. The molecule has 23 heavy (non-hydrogen) atoms. The minimum atomic E-state index is -1.28. The van der Waals surface area contributed by atoms with Crippen LogP contribution >= 0.6 is 0 Å². The SMILES string of the molecule is CNc1c(C(=O)O)cc(C#N)c2c1C(=O)c1ccccc1C2=O. The lowest BCUT2D eigenvalue weighted by Gasteiger charge is -2.22. The summed E-state index contributed by atoms with van der Waals surface area (Å²) in [6.07, 6.45) is 0. The number of nitriles is 1. The predicted molar refractivity (Wildman–Crippen MR) is 81.0 cm³/mol. The van der Waals surface area contributed by atoms with E-state index in [1.807, 2.05) is 6.07 Å². The molecule has 3 rings (SSSR count). The molecule has 6 nitrogen and oxygen atoms in total. The molecule has 0 fully saturated rings. The summed E-state index contributed by atoms with van der Waals surface area (Å²) in [6.45, 7) is 0. The average Bonchev–Trinajstić information content (AvgIpc) is 2.57. The van der Waals surface area contributed by atoms with Gasteiger partial charge in [-0.2, -0.15) is 5.26 Å². The summed E-state index contributed by atoms with van der Waals surface area (Å²) in [4.78, 5) is 36.9. The third-order valence-electron chi connectivity index (χ3n) is 3.80. The second-order valence-electron chi connectivity index (χ2n) is 4.97. The lowest BCUT2D eigenvalue weighted by atomic mass is 9.80. The highest BCUT2D eigenvalue weighted by molar-refractivity contribution is 6.31. The molecule has 1 aliphatic rings. The predicted octanol–water partition coefficient (Wildman–Crippen LogP) is 2.07. The highest BCUT2D eigenvalue weighted by Crippen LogP contribution is 2.36. The van der Waals surface area contributed by atoms with Crippen LogP contribution in [0.15, 0.2) is 30.3 Å². The Morgan fingerprint density at radius 1 is 1.13 bits per heavy atom. The maximum Gasteiger partial charge on any atom is 0.337 e. The Kier molecular flexibility index (Phi) is 3.19. The van der Waals surface area contributed by atoms with E-state index in [2.05, 4.69) is 5.32 Å². The number of anilines is 1. The van der Waals surface area contributed by atoms with E-state index in [1.165, 1.54) is 19.2 Å². The molecular weight excluding hydrogens is 296 g/mol. The van der Waals surface area contributed by atoms with E-state index in [9.17, 15) is 24.8 Å². The highest BCUT2D eigenvalue weighted by atomic mass is 16.4. The van der Waals surface area contributed by atoms with E-state index in [0.29, 0.717) is 0 Å². The van der Waals surface area contributed by atoms with E-state index < -0.39 is 17.5 Å². The summed E-state index contributed by atoms with van der Waals surface area (Å²) < 4.78 is 0. The number of nitrogens with zero attached hydrogens (tertiary/aromatic N) is 1. The van der Waals surface area contributed by atoms with Crippen molar-refractivity contribution < 1.29 is 19.5 Å². The normalized spacial score (nSPS) is 12.2. The molecule has 0 saturated carbocycles. The van der Waals surface area contributed by atoms with Crippen LogP contribution in [-0.2, 0) is 0 Å². The standard InChI is InChI=1S/C17H10N2O4/c1-19-14-11(17(22)23)6-8(7-18)12-13(14)16(21)10-5-3-2-4-9(10)15(12)20/h2-6,19H,1H3,(H,22,23). The Labute approximate surface area is 131 Å². The number of nitrogens with one attached hydrogen (secondary N) is 1. The van der Waals surface area contributed by atoms with Crippen LogP contribution in [0.3, 0.4) is 0 Å². The van der Waals surface area contributed by atoms with Crippen molar-refractivity contribution in [2.24, 2.45) is 0 Å². The fourth-order valence-electron chi connectivity index (χ4n) is 2.81. The van der Waals surface area contributed by atoms with E-state index >= 15 is 0 Å². The maximum atomic E-state index is 12.8. The number of carboxylic acid groups (broad SMARTS) is 1. The first-order valence-corrected chi connectivity index (χ1v) is 6.71. The number of rotatable bonds is 2. The summed E-state index contributed by atoms with van der Waals surface area (Å²) in [6, 6.07) is 9.22. The van der Waals surface area contributed by atoms with Gasteiger partial charge in [0.05, 0.1) is 34.0 Å². The van der Waals surface area contributed by atoms with Crippen LogP contribution in [0.4, 0.5) is 5.69 Å². The van der Waals surface area contributed by atoms with Gasteiger partial charge < -0.3 is 10.4 Å². The zero-order valence-corrected chi connectivity index (χ0v) is 12.0. The molecule has 0 saturated heterocycles. The Hall–Kier alpha value is -3.46. The Morgan fingerprint density at radius 2 is 1.70 bits per heavy atom. The van der Waals surface area contributed by atoms with Crippen LogP contribution in [0.25, 0.3) is 0 Å². The largest absolute Gasteiger partial charge is 0.478 e. The second-order valence-corrected chi connectivity index (χ2v) is 4.97. The number of carbonyl (C=O) groups excluding carboxylic acids is 2. The van der Waals surface area contributed by atoms with Gasteiger partial charge in [-0.3, -0.25) is 9.59 Å². The van der Waals surface area contributed by atoms with Crippen LogP contribution in [0, 0.1) is 11.3 Å². The first-order valence-electron chi connectivity index (χ1n) is 6.71.